The number of carbonyl (C=O) groups excluding carboxylic acids is 1. The Morgan fingerprint density at radius 3 is 2.26 bits per heavy atom. The van der Waals surface area contributed by atoms with Crippen LogP contribution in [0.5, 0.6) is 0 Å². The summed E-state index contributed by atoms with van der Waals surface area (Å²) < 4.78 is 62.3. The summed E-state index contributed by atoms with van der Waals surface area (Å²) in [4.78, 5) is 11.8. The van der Waals surface area contributed by atoms with Gasteiger partial charge in [-0.3, -0.25) is 10.1 Å². The fourth-order valence-electron chi connectivity index (χ4n) is 1.46. The van der Waals surface area contributed by atoms with Crippen molar-refractivity contribution in [2.24, 2.45) is 0 Å². The van der Waals surface area contributed by atoms with Crippen molar-refractivity contribution in [1.29, 1.82) is 0 Å². The van der Waals surface area contributed by atoms with Gasteiger partial charge in [0.25, 0.3) is 5.91 Å². The molecule has 7 nitrogen and oxygen atoms in total. The van der Waals surface area contributed by atoms with Gasteiger partial charge in [-0.1, -0.05) is 11.3 Å². The van der Waals surface area contributed by atoms with Crippen LogP contribution in [0.3, 0.4) is 0 Å². The number of amides is 1. The second kappa shape index (κ2) is 6.22. The zero-order chi connectivity index (χ0) is 17.3. The first-order chi connectivity index (χ1) is 10.6. The summed E-state index contributed by atoms with van der Waals surface area (Å²) >= 11 is 0.189. The maximum absolute atomic E-state index is 12.4. The number of hydrogen-bond donors (Lipinski definition) is 2. The topological polar surface area (TPSA) is 101 Å². The summed E-state index contributed by atoms with van der Waals surface area (Å²) in [7, 11) is -2.40. The molecule has 2 aromatic rings. The van der Waals surface area contributed by atoms with Gasteiger partial charge in [-0.25, -0.2) is 13.1 Å². The quantitative estimate of drug-likeness (QED) is 0.858. The Hall–Kier alpha value is -2.05. The third-order valence-electron chi connectivity index (χ3n) is 2.58. The third kappa shape index (κ3) is 4.03. The van der Waals surface area contributed by atoms with E-state index in [1.54, 1.807) is 0 Å². The van der Waals surface area contributed by atoms with Gasteiger partial charge in [0, 0.05) is 5.56 Å². The van der Waals surface area contributed by atoms with Crippen LogP contribution in [0.25, 0.3) is 0 Å². The van der Waals surface area contributed by atoms with E-state index in [2.05, 4.69) is 20.2 Å². The predicted octanol–water partition coefficient (Wildman–Crippen LogP) is 1.72. The van der Waals surface area contributed by atoms with E-state index >= 15 is 0 Å². The van der Waals surface area contributed by atoms with Crippen LogP contribution in [-0.2, 0) is 16.2 Å². The zero-order valence-corrected chi connectivity index (χ0v) is 13.0. The Morgan fingerprint density at radius 1 is 1.17 bits per heavy atom. The van der Waals surface area contributed by atoms with E-state index in [0.717, 1.165) is 0 Å². The van der Waals surface area contributed by atoms with E-state index in [9.17, 15) is 26.4 Å². The van der Waals surface area contributed by atoms with E-state index in [1.807, 2.05) is 0 Å². The molecule has 1 aromatic carbocycles. The van der Waals surface area contributed by atoms with Crippen molar-refractivity contribution in [1.82, 2.24) is 14.9 Å². The summed E-state index contributed by atoms with van der Waals surface area (Å²) in [6, 6.07) is 4.85. The molecule has 0 unspecified atom stereocenters. The Morgan fingerprint density at radius 2 is 1.78 bits per heavy atom. The predicted molar refractivity (Wildman–Crippen MR) is 75.6 cm³/mol. The maximum Gasteiger partial charge on any atom is 0.445 e. The van der Waals surface area contributed by atoms with Crippen LogP contribution in [0.1, 0.15) is 15.4 Å². The highest BCUT2D eigenvalue weighted by atomic mass is 32.2. The van der Waals surface area contributed by atoms with Crippen LogP contribution in [0.2, 0.25) is 0 Å². The molecule has 1 amide bonds. The largest absolute Gasteiger partial charge is 0.445 e. The average Bonchev–Trinajstić information content (AvgIpc) is 2.96. The number of nitrogens with one attached hydrogen (secondary N) is 2. The van der Waals surface area contributed by atoms with E-state index < -0.39 is 27.1 Å². The minimum absolute atomic E-state index is 0.0492. The Labute approximate surface area is 132 Å². The average molecular weight is 366 g/mol. The van der Waals surface area contributed by atoms with Crippen molar-refractivity contribution in [2.45, 2.75) is 11.1 Å². The number of hydrogen-bond acceptors (Lipinski definition) is 6. The molecule has 0 saturated heterocycles. The number of sulfonamides is 1. The molecule has 23 heavy (non-hydrogen) atoms. The molecule has 0 spiro atoms. The van der Waals surface area contributed by atoms with Gasteiger partial charge in [0.1, 0.15) is 0 Å². The molecule has 0 aliphatic rings. The maximum atomic E-state index is 12.4. The van der Waals surface area contributed by atoms with E-state index in [0.29, 0.717) is 0 Å². The van der Waals surface area contributed by atoms with Crippen LogP contribution in [0, 0.1) is 0 Å². The first-order valence-electron chi connectivity index (χ1n) is 5.89. The molecule has 12 heteroatoms. The van der Waals surface area contributed by atoms with Gasteiger partial charge in [0.05, 0.1) is 4.90 Å². The smallest absolute Gasteiger partial charge is 0.296 e. The molecule has 0 atom stereocenters. The third-order valence-corrected chi connectivity index (χ3v) is 4.90. The second-order valence-corrected chi connectivity index (χ2v) is 6.96. The first-order valence-corrected chi connectivity index (χ1v) is 8.19. The highest BCUT2D eigenvalue weighted by Gasteiger charge is 2.35. The van der Waals surface area contributed by atoms with Crippen LogP contribution in [-0.4, -0.2) is 31.6 Å². The molecule has 2 N–H and O–H groups in total. The normalized spacial score (nSPS) is 12.2. The standard InChI is InChI=1S/C11H9F3N4O3S2/c1-15-23(20,21)7-4-2-6(3-5-7)8(19)16-10-18-17-9(22-10)11(12,13)14/h2-5,15H,1H3,(H,16,18,19). The van der Waals surface area contributed by atoms with Gasteiger partial charge in [0.2, 0.25) is 20.2 Å². The van der Waals surface area contributed by atoms with Crippen LogP contribution < -0.4 is 10.0 Å². The summed E-state index contributed by atoms with van der Waals surface area (Å²) in [5, 5.41) is 6.84. The number of anilines is 1. The Balaban J connectivity index is 2.14. The van der Waals surface area contributed by atoms with Crippen molar-refractivity contribution in [3.05, 3.63) is 34.8 Å². The van der Waals surface area contributed by atoms with Gasteiger partial charge >= 0.3 is 6.18 Å². The molecule has 0 bridgehead atoms. The monoisotopic (exact) mass is 366 g/mol. The molecule has 1 aromatic heterocycles. The summed E-state index contributed by atoms with van der Waals surface area (Å²) in [6.07, 6.45) is -4.64. The SMILES string of the molecule is CNS(=O)(=O)c1ccc(C(=O)Nc2nnc(C(F)(F)F)s2)cc1. The van der Waals surface area contributed by atoms with Crippen molar-refractivity contribution < 1.29 is 26.4 Å². The first kappa shape index (κ1) is 17.3. The van der Waals surface area contributed by atoms with Crippen LogP contribution >= 0.6 is 11.3 Å². The molecule has 0 saturated carbocycles. The molecular formula is C11H9F3N4O3S2. The number of alkyl halides is 3. The Bertz CT molecular complexity index is 816. The van der Waals surface area contributed by atoms with Crippen molar-refractivity contribution in [3.8, 4) is 0 Å². The molecule has 0 aliphatic carbocycles. The lowest BCUT2D eigenvalue weighted by atomic mass is 10.2. The fraction of sp³-hybridized carbons (Fsp3) is 0.182. The molecule has 0 aliphatic heterocycles. The number of aromatic nitrogens is 2. The fourth-order valence-corrected chi connectivity index (χ4v) is 2.80. The minimum atomic E-state index is -4.64. The number of rotatable bonds is 4. The number of carbonyl (C=O) groups is 1. The number of nitrogens with zero attached hydrogens (tertiary/aromatic N) is 2. The minimum Gasteiger partial charge on any atom is -0.296 e. The van der Waals surface area contributed by atoms with E-state index in [-0.39, 0.29) is 26.9 Å². The van der Waals surface area contributed by atoms with Crippen LogP contribution in [0.15, 0.2) is 29.2 Å². The highest BCUT2D eigenvalue weighted by Crippen LogP contribution is 2.33. The molecule has 1 heterocycles. The van der Waals surface area contributed by atoms with Crippen molar-refractivity contribution in [2.75, 3.05) is 12.4 Å². The van der Waals surface area contributed by atoms with Crippen molar-refractivity contribution in [3.63, 3.8) is 0 Å². The molecule has 124 valence electrons. The Kier molecular flexibility index (Phi) is 4.68. The lowest BCUT2D eigenvalue weighted by Gasteiger charge is -2.04. The highest BCUT2D eigenvalue weighted by molar-refractivity contribution is 7.89. The number of halogens is 3. The van der Waals surface area contributed by atoms with Crippen molar-refractivity contribution >= 4 is 32.4 Å². The van der Waals surface area contributed by atoms with E-state index in [4.69, 9.17) is 0 Å². The summed E-state index contributed by atoms with van der Waals surface area (Å²) in [6.45, 7) is 0. The van der Waals surface area contributed by atoms with E-state index in [1.165, 1.54) is 31.3 Å². The van der Waals surface area contributed by atoms with Gasteiger partial charge < -0.3 is 0 Å². The number of benzene rings is 1. The van der Waals surface area contributed by atoms with Gasteiger partial charge in [0.15, 0.2) is 0 Å². The summed E-state index contributed by atoms with van der Waals surface area (Å²) in [5.41, 5.74) is 0.0591. The zero-order valence-electron chi connectivity index (χ0n) is 11.4. The lowest BCUT2D eigenvalue weighted by Crippen LogP contribution is -2.19. The second-order valence-electron chi connectivity index (χ2n) is 4.10. The molecule has 0 radical (unpaired) electrons. The summed E-state index contributed by atoms with van der Waals surface area (Å²) in [5.74, 6) is -0.733. The van der Waals surface area contributed by atoms with Gasteiger partial charge in [-0.15, -0.1) is 10.2 Å². The van der Waals surface area contributed by atoms with Gasteiger partial charge in [-0.2, -0.15) is 13.2 Å². The molecule has 0 fully saturated rings. The molecular weight excluding hydrogens is 357 g/mol. The van der Waals surface area contributed by atoms with Gasteiger partial charge in [-0.05, 0) is 31.3 Å². The molecule has 2 rings (SSSR count). The van der Waals surface area contributed by atoms with Crippen LogP contribution in [0.4, 0.5) is 18.3 Å². The lowest BCUT2D eigenvalue weighted by molar-refractivity contribution is -0.138.